The molecule has 0 spiro atoms. The topological polar surface area (TPSA) is 41.1 Å². The van der Waals surface area contributed by atoms with E-state index in [9.17, 15) is 4.79 Å². The summed E-state index contributed by atoms with van der Waals surface area (Å²) in [6.07, 6.45) is 6.39. The van der Waals surface area contributed by atoms with Gasteiger partial charge in [-0.15, -0.1) is 0 Å². The number of hydrogen-bond acceptors (Lipinski definition) is 2. The zero-order chi connectivity index (χ0) is 8.10. The third-order valence-corrected chi connectivity index (χ3v) is 1.84. The molecule has 0 aliphatic heterocycles. The Bertz CT molecular complexity index is 157. The molecule has 0 radical (unpaired) electrons. The summed E-state index contributed by atoms with van der Waals surface area (Å²) >= 11 is 0. The van der Waals surface area contributed by atoms with Crippen LogP contribution in [0.3, 0.4) is 0 Å². The molecule has 3 nitrogen and oxygen atoms in total. The van der Waals surface area contributed by atoms with Gasteiger partial charge in [-0.3, -0.25) is 4.79 Å². The molecule has 3 heteroatoms. The van der Waals surface area contributed by atoms with E-state index in [1.807, 2.05) is 0 Å². The highest BCUT2D eigenvalue weighted by molar-refractivity contribution is 5.77. The second-order valence-corrected chi connectivity index (χ2v) is 2.69. The van der Waals surface area contributed by atoms with Gasteiger partial charge in [-0.05, 0) is 12.8 Å². The van der Waals surface area contributed by atoms with E-state index < -0.39 is 0 Å². The van der Waals surface area contributed by atoms with Crippen molar-refractivity contribution >= 4 is 5.91 Å². The number of carbonyl (C=O) groups is 1. The zero-order valence-corrected chi connectivity index (χ0v) is 6.76. The Hall–Kier alpha value is -0.830. The lowest BCUT2D eigenvalue weighted by molar-refractivity contribution is -0.119. The molecule has 0 aromatic heterocycles. The van der Waals surface area contributed by atoms with Crippen LogP contribution in [0.1, 0.15) is 12.8 Å². The van der Waals surface area contributed by atoms with Crippen molar-refractivity contribution in [2.75, 3.05) is 13.6 Å². The van der Waals surface area contributed by atoms with Crippen molar-refractivity contribution in [3.8, 4) is 0 Å². The van der Waals surface area contributed by atoms with Crippen molar-refractivity contribution in [2.45, 2.75) is 18.9 Å². The normalized spacial score (nSPS) is 17.2. The fraction of sp³-hybridized carbons (Fsp3) is 0.625. The van der Waals surface area contributed by atoms with Crippen LogP contribution in [0.25, 0.3) is 0 Å². The van der Waals surface area contributed by atoms with Gasteiger partial charge in [0.25, 0.3) is 0 Å². The molecule has 1 rings (SSSR count). The fourth-order valence-corrected chi connectivity index (χ4v) is 1.11. The maximum absolute atomic E-state index is 10.8. The predicted molar refractivity (Wildman–Crippen MR) is 44.2 cm³/mol. The molecule has 1 aliphatic carbocycles. The van der Waals surface area contributed by atoms with Crippen LogP contribution in [0, 0.1) is 0 Å². The van der Waals surface area contributed by atoms with Crippen LogP contribution >= 0.6 is 0 Å². The van der Waals surface area contributed by atoms with E-state index in [1.54, 1.807) is 7.05 Å². The Morgan fingerprint density at radius 2 is 2.18 bits per heavy atom. The third-order valence-electron chi connectivity index (χ3n) is 1.84. The van der Waals surface area contributed by atoms with E-state index in [4.69, 9.17) is 0 Å². The van der Waals surface area contributed by atoms with Crippen LogP contribution < -0.4 is 10.6 Å². The maximum Gasteiger partial charge on any atom is 0.233 e. The van der Waals surface area contributed by atoms with Crippen molar-refractivity contribution in [2.24, 2.45) is 0 Å². The van der Waals surface area contributed by atoms with Crippen LogP contribution in [0.15, 0.2) is 12.2 Å². The van der Waals surface area contributed by atoms with Gasteiger partial charge in [0, 0.05) is 13.1 Å². The molecule has 0 bridgehead atoms. The van der Waals surface area contributed by atoms with Gasteiger partial charge in [-0.1, -0.05) is 12.2 Å². The number of nitrogens with one attached hydrogen (secondary N) is 2. The minimum Gasteiger partial charge on any atom is -0.358 e. The summed E-state index contributed by atoms with van der Waals surface area (Å²) in [5.74, 6) is 0.0527. The summed E-state index contributed by atoms with van der Waals surface area (Å²) in [4.78, 5) is 10.8. The lowest BCUT2D eigenvalue weighted by atomic mass is 10.2. The fourth-order valence-electron chi connectivity index (χ4n) is 1.11. The van der Waals surface area contributed by atoms with Crippen molar-refractivity contribution in [3.05, 3.63) is 12.2 Å². The molecule has 2 N–H and O–H groups in total. The van der Waals surface area contributed by atoms with Gasteiger partial charge in [0.15, 0.2) is 0 Å². The monoisotopic (exact) mass is 154 g/mol. The van der Waals surface area contributed by atoms with E-state index in [-0.39, 0.29) is 5.91 Å². The van der Waals surface area contributed by atoms with E-state index in [0.717, 1.165) is 12.8 Å². The Labute approximate surface area is 66.9 Å². The second-order valence-electron chi connectivity index (χ2n) is 2.69. The largest absolute Gasteiger partial charge is 0.358 e. The number of rotatable bonds is 3. The van der Waals surface area contributed by atoms with Gasteiger partial charge in [-0.2, -0.15) is 0 Å². The summed E-state index contributed by atoms with van der Waals surface area (Å²) in [6, 6.07) is 0.479. The van der Waals surface area contributed by atoms with Gasteiger partial charge >= 0.3 is 0 Å². The maximum atomic E-state index is 10.8. The van der Waals surface area contributed by atoms with Gasteiger partial charge in [0.05, 0.1) is 6.54 Å². The molecule has 0 atom stereocenters. The Kier molecular flexibility index (Phi) is 3.11. The van der Waals surface area contributed by atoms with Gasteiger partial charge in [0.2, 0.25) is 5.91 Å². The summed E-state index contributed by atoms with van der Waals surface area (Å²) in [6.45, 7) is 0.433. The standard InChI is InChI=1S/C8H14N2O/c1-9-8(11)6-10-7-4-2-3-5-7/h2-3,7,10H,4-6H2,1H3,(H,9,11). The molecule has 0 saturated carbocycles. The van der Waals surface area contributed by atoms with Crippen LogP contribution in [-0.4, -0.2) is 25.5 Å². The third kappa shape index (κ3) is 2.72. The highest BCUT2D eigenvalue weighted by Gasteiger charge is 2.09. The quantitative estimate of drug-likeness (QED) is 0.563. The SMILES string of the molecule is CNC(=O)CNC1CC=CC1. The second kappa shape index (κ2) is 4.13. The van der Waals surface area contributed by atoms with Crippen molar-refractivity contribution < 1.29 is 4.79 Å². The molecule has 11 heavy (non-hydrogen) atoms. The zero-order valence-electron chi connectivity index (χ0n) is 6.76. The van der Waals surface area contributed by atoms with E-state index in [2.05, 4.69) is 22.8 Å². The van der Waals surface area contributed by atoms with E-state index in [1.165, 1.54) is 0 Å². The number of carbonyl (C=O) groups excluding carboxylic acids is 1. The molecule has 0 fully saturated rings. The first-order chi connectivity index (χ1) is 5.33. The Morgan fingerprint density at radius 3 is 2.73 bits per heavy atom. The van der Waals surface area contributed by atoms with Crippen molar-refractivity contribution in [1.82, 2.24) is 10.6 Å². The lowest BCUT2D eigenvalue weighted by Gasteiger charge is -2.09. The van der Waals surface area contributed by atoms with E-state index >= 15 is 0 Å². The highest BCUT2D eigenvalue weighted by atomic mass is 16.1. The van der Waals surface area contributed by atoms with Crippen LogP contribution in [0.2, 0.25) is 0 Å². The number of likely N-dealkylation sites (N-methyl/N-ethyl adjacent to an activating group) is 1. The minimum atomic E-state index is 0.0527. The summed E-state index contributed by atoms with van der Waals surface area (Å²) in [7, 11) is 1.65. The molecule has 0 aromatic rings. The van der Waals surface area contributed by atoms with E-state index in [0.29, 0.717) is 12.6 Å². The number of amides is 1. The molecule has 0 unspecified atom stereocenters. The summed E-state index contributed by atoms with van der Waals surface area (Å²) in [5.41, 5.74) is 0. The Balaban J connectivity index is 2.07. The molecule has 0 saturated heterocycles. The van der Waals surface area contributed by atoms with Gasteiger partial charge in [-0.25, -0.2) is 0 Å². The minimum absolute atomic E-state index is 0.0527. The first-order valence-electron chi connectivity index (χ1n) is 3.92. The molecule has 0 aromatic carbocycles. The molecule has 1 amide bonds. The summed E-state index contributed by atoms with van der Waals surface area (Å²) < 4.78 is 0. The van der Waals surface area contributed by atoms with Gasteiger partial charge in [0.1, 0.15) is 0 Å². The van der Waals surface area contributed by atoms with Gasteiger partial charge < -0.3 is 10.6 Å². The predicted octanol–water partition coefficient (Wildman–Crippen LogP) is 0.0406. The molecular weight excluding hydrogens is 140 g/mol. The Morgan fingerprint density at radius 1 is 1.55 bits per heavy atom. The average molecular weight is 154 g/mol. The first kappa shape index (κ1) is 8.27. The van der Waals surface area contributed by atoms with Crippen LogP contribution in [0.4, 0.5) is 0 Å². The molecule has 1 aliphatic rings. The van der Waals surface area contributed by atoms with Crippen LogP contribution in [-0.2, 0) is 4.79 Å². The molecule has 0 heterocycles. The highest BCUT2D eigenvalue weighted by Crippen LogP contribution is 2.07. The molecular formula is C8H14N2O. The van der Waals surface area contributed by atoms with Crippen molar-refractivity contribution in [1.29, 1.82) is 0 Å². The first-order valence-corrected chi connectivity index (χ1v) is 3.92. The smallest absolute Gasteiger partial charge is 0.233 e. The summed E-state index contributed by atoms with van der Waals surface area (Å²) in [5, 5.41) is 5.72. The van der Waals surface area contributed by atoms with Crippen molar-refractivity contribution in [3.63, 3.8) is 0 Å². The lowest BCUT2D eigenvalue weighted by Crippen LogP contribution is -2.36. The number of hydrogen-bond donors (Lipinski definition) is 2. The van der Waals surface area contributed by atoms with Crippen LogP contribution in [0.5, 0.6) is 0 Å². The molecule has 62 valence electrons. The average Bonchev–Trinajstić information content (AvgIpc) is 2.52.